The van der Waals surface area contributed by atoms with Crippen molar-refractivity contribution in [2.24, 2.45) is 17.5 Å². The van der Waals surface area contributed by atoms with E-state index in [1.165, 1.54) is 31.2 Å². The van der Waals surface area contributed by atoms with Crippen molar-refractivity contribution in [3.63, 3.8) is 0 Å². The second kappa shape index (κ2) is 6.90. The van der Waals surface area contributed by atoms with Crippen LogP contribution in [0.3, 0.4) is 0 Å². The van der Waals surface area contributed by atoms with Crippen LogP contribution in [0.25, 0.3) is 11.0 Å². The molecule has 1 N–H and O–H groups in total. The molecule has 1 saturated heterocycles. The molecule has 5 nitrogen and oxygen atoms in total. The van der Waals surface area contributed by atoms with Crippen LogP contribution in [0.5, 0.6) is 0 Å². The molecule has 1 aliphatic carbocycles. The Kier molecular flexibility index (Phi) is 5.03. The van der Waals surface area contributed by atoms with Gasteiger partial charge in [0.15, 0.2) is 5.96 Å². The van der Waals surface area contributed by atoms with Crippen LogP contribution in [-0.2, 0) is 13.6 Å². The quantitative estimate of drug-likeness (QED) is 0.445. The normalized spacial score (nSPS) is 19.4. The number of imidazole rings is 1. The summed E-state index contributed by atoms with van der Waals surface area (Å²) in [6.07, 6.45) is 5.51. The zero-order chi connectivity index (χ0) is 15.9. The van der Waals surface area contributed by atoms with E-state index in [0.29, 0.717) is 12.0 Å². The number of hydrogen-bond donors (Lipinski definition) is 1. The maximum Gasteiger partial charge on any atom is 0.194 e. The molecule has 1 aromatic carbocycles. The topological polar surface area (TPSA) is 45.5 Å². The summed E-state index contributed by atoms with van der Waals surface area (Å²) in [6.45, 7) is 3.00. The molecule has 1 spiro atoms. The third-order valence-electron chi connectivity index (χ3n) is 5.65. The summed E-state index contributed by atoms with van der Waals surface area (Å²) in [5.41, 5.74) is 2.82. The summed E-state index contributed by atoms with van der Waals surface area (Å²) in [5, 5.41) is 3.51. The number of rotatable bonds is 2. The van der Waals surface area contributed by atoms with Gasteiger partial charge in [0.05, 0.1) is 17.6 Å². The van der Waals surface area contributed by atoms with Crippen molar-refractivity contribution in [3.05, 3.63) is 30.1 Å². The first kappa shape index (κ1) is 17.5. The lowest BCUT2D eigenvalue weighted by Crippen LogP contribution is -2.42. The summed E-state index contributed by atoms with van der Waals surface area (Å²) in [5.74, 6) is 2.06. The highest BCUT2D eigenvalue weighted by molar-refractivity contribution is 14.0. The van der Waals surface area contributed by atoms with Crippen molar-refractivity contribution in [2.45, 2.75) is 32.2 Å². The molecule has 6 heteroatoms. The van der Waals surface area contributed by atoms with Crippen molar-refractivity contribution < 1.29 is 0 Å². The molecule has 0 unspecified atom stereocenters. The Morgan fingerprint density at radius 2 is 2.08 bits per heavy atom. The van der Waals surface area contributed by atoms with Crippen LogP contribution in [0.4, 0.5) is 0 Å². The van der Waals surface area contributed by atoms with E-state index in [4.69, 9.17) is 4.98 Å². The molecule has 0 atom stereocenters. The van der Waals surface area contributed by atoms with Gasteiger partial charge in [0.1, 0.15) is 5.82 Å². The van der Waals surface area contributed by atoms with Gasteiger partial charge in [0.25, 0.3) is 0 Å². The minimum absolute atomic E-state index is 0. The molecule has 0 amide bonds. The predicted octanol–water partition coefficient (Wildman–Crippen LogP) is 3.14. The molecule has 0 bridgehead atoms. The lowest BCUT2D eigenvalue weighted by molar-refractivity contribution is 0.151. The first-order chi connectivity index (χ1) is 11.2. The lowest BCUT2D eigenvalue weighted by atomic mass is 9.68. The van der Waals surface area contributed by atoms with Gasteiger partial charge in [0, 0.05) is 27.2 Å². The first-order valence-corrected chi connectivity index (χ1v) is 8.57. The van der Waals surface area contributed by atoms with Gasteiger partial charge in [-0.2, -0.15) is 0 Å². The highest BCUT2D eigenvalue weighted by atomic mass is 127. The summed E-state index contributed by atoms with van der Waals surface area (Å²) in [4.78, 5) is 11.6. The molecule has 2 fully saturated rings. The van der Waals surface area contributed by atoms with Crippen LogP contribution < -0.4 is 5.32 Å². The maximum absolute atomic E-state index is 4.73. The van der Waals surface area contributed by atoms with Crippen molar-refractivity contribution in [1.29, 1.82) is 0 Å². The molecule has 1 aliphatic heterocycles. The maximum atomic E-state index is 4.73. The smallest absolute Gasteiger partial charge is 0.194 e. The molecule has 2 aromatic rings. The summed E-state index contributed by atoms with van der Waals surface area (Å²) in [7, 11) is 3.96. The first-order valence-electron chi connectivity index (χ1n) is 8.57. The molecule has 1 saturated carbocycles. The monoisotopic (exact) mass is 439 g/mol. The number of nitrogens with zero attached hydrogens (tertiary/aromatic N) is 4. The Hall–Kier alpha value is -1.31. The predicted molar refractivity (Wildman–Crippen MR) is 109 cm³/mol. The fourth-order valence-corrected chi connectivity index (χ4v) is 4.04. The molecule has 0 radical (unpaired) electrons. The molecule has 2 heterocycles. The average Bonchev–Trinajstić information content (AvgIpc) is 3.11. The van der Waals surface area contributed by atoms with Crippen LogP contribution >= 0.6 is 24.0 Å². The number of para-hydroxylation sites is 2. The number of hydrogen-bond acceptors (Lipinski definition) is 2. The van der Waals surface area contributed by atoms with Gasteiger partial charge in [0.2, 0.25) is 0 Å². The zero-order valence-corrected chi connectivity index (χ0v) is 16.8. The molecule has 24 heavy (non-hydrogen) atoms. The Morgan fingerprint density at radius 1 is 1.29 bits per heavy atom. The van der Waals surface area contributed by atoms with Gasteiger partial charge in [-0.3, -0.25) is 4.99 Å². The number of guanidine groups is 1. The minimum Gasteiger partial charge on any atom is -0.349 e. The third-order valence-corrected chi connectivity index (χ3v) is 5.65. The summed E-state index contributed by atoms with van der Waals surface area (Å²) < 4.78 is 2.16. The van der Waals surface area contributed by atoms with E-state index < -0.39 is 0 Å². The summed E-state index contributed by atoms with van der Waals surface area (Å²) >= 11 is 0. The molecule has 4 rings (SSSR count). The largest absolute Gasteiger partial charge is 0.349 e. The minimum atomic E-state index is 0. The fourth-order valence-electron chi connectivity index (χ4n) is 4.04. The molecule has 2 aliphatic rings. The van der Waals surface area contributed by atoms with E-state index in [2.05, 4.69) is 45.0 Å². The van der Waals surface area contributed by atoms with Gasteiger partial charge in [-0.05, 0) is 36.8 Å². The van der Waals surface area contributed by atoms with Crippen LogP contribution in [0.15, 0.2) is 29.3 Å². The number of fused-ring (bicyclic) bond motifs is 1. The van der Waals surface area contributed by atoms with Crippen LogP contribution in [0.1, 0.15) is 31.5 Å². The van der Waals surface area contributed by atoms with E-state index in [1.54, 1.807) is 0 Å². The third kappa shape index (κ3) is 3.00. The highest BCUT2D eigenvalue weighted by Crippen LogP contribution is 2.47. The fraction of sp³-hybridized carbons (Fsp3) is 0.556. The van der Waals surface area contributed by atoms with Crippen molar-refractivity contribution in [3.8, 4) is 0 Å². The number of benzene rings is 1. The number of aryl methyl sites for hydroxylation is 1. The van der Waals surface area contributed by atoms with Crippen LogP contribution in [-0.4, -0.2) is 40.5 Å². The van der Waals surface area contributed by atoms with Gasteiger partial charge < -0.3 is 14.8 Å². The van der Waals surface area contributed by atoms with Gasteiger partial charge in [-0.15, -0.1) is 24.0 Å². The van der Waals surface area contributed by atoms with Crippen LogP contribution in [0, 0.1) is 5.41 Å². The number of aromatic nitrogens is 2. The van der Waals surface area contributed by atoms with Crippen LogP contribution in [0.2, 0.25) is 0 Å². The Bertz CT molecular complexity index is 747. The molecular weight excluding hydrogens is 413 g/mol. The Balaban J connectivity index is 0.00000169. The number of nitrogens with one attached hydrogen (secondary N) is 1. The standard InChI is InChI=1S/C18H25N5.HI/c1-19-17(23-11-10-18(13-23)8-5-9-18)20-12-16-21-14-6-3-4-7-15(14)22(16)2;/h3-4,6-7H,5,8-13H2,1-2H3,(H,19,20);1H. The lowest BCUT2D eigenvalue weighted by Gasteiger charge is -2.38. The highest BCUT2D eigenvalue weighted by Gasteiger charge is 2.43. The van der Waals surface area contributed by atoms with E-state index in [1.807, 2.05) is 13.1 Å². The zero-order valence-electron chi connectivity index (χ0n) is 14.5. The van der Waals surface area contributed by atoms with Crippen molar-refractivity contribution in [2.75, 3.05) is 20.1 Å². The van der Waals surface area contributed by atoms with Gasteiger partial charge in [-0.25, -0.2) is 4.98 Å². The second-order valence-corrected chi connectivity index (χ2v) is 7.00. The average molecular weight is 439 g/mol. The number of aliphatic imine (C=N–C) groups is 1. The van der Waals surface area contributed by atoms with Gasteiger partial charge >= 0.3 is 0 Å². The van der Waals surface area contributed by atoms with E-state index >= 15 is 0 Å². The summed E-state index contributed by atoms with van der Waals surface area (Å²) in [6, 6.07) is 8.27. The second-order valence-electron chi connectivity index (χ2n) is 7.00. The van der Waals surface area contributed by atoms with E-state index in [-0.39, 0.29) is 24.0 Å². The Morgan fingerprint density at radius 3 is 2.71 bits per heavy atom. The number of likely N-dealkylation sites (tertiary alicyclic amines) is 1. The van der Waals surface area contributed by atoms with Crippen molar-refractivity contribution >= 4 is 41.0 Å². The van der Waals surface area contributed by atoms with E-state index in [9.17, 15) is 0 Å². The molecule has 1 aromatic heterocycles. The van der Waals surface area contributed by atoms with E-state index in [0.717, 1.165) is 30.4 Å². The molecule has 130 valence electrons. The number of halogens is 1. The molecular formula is C18H26IN5. The van der Waals surface area contributed by atoms with Gasteiger partial charge in [-0.1, -0.05) is 18.6 Å². The van der Waals surface area contributed by atoms with Crippen molar-refractivity contribution in [1.82, 2.24) is 19.8 Å². The SMILES string of the molecule is CN=C(NCc1nc2ccccc2n1C)N1CCC2(CCC2)C1.I. The Labute approximate surface area is 160 Å².